The third kappa shape index (κ3) is 3.03. The van der Waals surface area contributed by atoms with Crippen LogP contribution in [0.15, 0.2) is 35.1 Å². The predicted octanol–water partition coefficient (Wildman–Crippen LogP) is 1.19. The molecule has 0 aromatic carbocycles. The zero-order valence-corrected chi connectivity index (χ0v) is 13.1. The summed E-state index contributed by atoms with van der Waals surface area (Å²) < 4.78 is 26.1. The van der Waals surface area contributed by atoms with E-state index < -0.39 is 9.84 Å². The molecule has 0 aliphatic rings. The quantitative estimate of drug-likeness (QED) is 0.720. The summed E-state index contributed by atoms with van der Waals surface area (Å²) in [6.07, 6.45) is 7.69. The van der Waals surface area contributed by atoms with Gasteiger partial charge in [0, 0.05) is 36.6 Å². The van der Waals surface area contributed by atoms with Crippen LogP contribution in [0, 0.1) is 0 Å². The summed E-state index contributed by atoms with van der Waals surface area (Å²) in [5.41, 5.74) is 1.80. The Morgan fingerprint density at radius 3 is 2.67 bits per heavy atom. The molecule has 3 aromatic heterocycles. The summed E-state index contributed by atoms with van der Waals surface area (Å²) in [5, 5.41) is 11.0. The van der Waals surface area contributed by atoms with Gasteiger partial charge in [0.15, 0.2) is 9.84 Å². The number of sulfone groups is 1. The maximum atomic E-state index is 11.4. The van der Waals surface area contributed by atoms with Crippen molar-refractivity contribution in [2.75, 3.05) is 6.26 Å². The summed E-state index contributed by atoms with van der Waals surface area (Å²) in [6.45, 7) is 0.437. The lowest BCUT2D eigenvalue weighted by Crippen LogP contribution is -2.00. The molecule has 0 aliphatic heterocycles. The molecule has 0 spiro atoms. The fraction of sp³-hybridized carbons (Fsp3) is 0.250. The number of thiazole rings is 1. The van der Waals surface area contributed by atoms with E-state index in [1.807, 2.05) is 18.6 Å². The van der Waals surface area contributed by atoms with Crippen molar-refractivity contribution in [3.63, 3.8) is 0 Å². The van der Waals surface area contributed by atoms with Crippen molar-refractivity contribution in [3.8, 4) is 10.6 Å². The number of rotatable bonds is 4. The van der Waals surface area contributed by atoms with Crippen molar-refractivity contribution in [1.82, 2.24) is 24.5 Å². The first-order chi connectivity index (χ1) is 9.91. The fourth-order valence-corrected chi connectivity index (χ4v) is 3.17. The Morgan fingerprint density at radius 2 is 2.05 bits per heavy atom. The highest BCUT2D eigenvalue weighted by Crippen LogP contribution is 2.23. The van der Waals surface area contributed by atoms with E-state index in [0.29, 0.717) is 6.54 Å². The monoisotopic (exact) mass is 323 g/mol. The average Bonchev–Trinajstić information content (AvgIpc) is 3.08. The third-order valence-corrected chi connectivity index (χ3v) is 4.87. The zero-order chi connectivity index (χ0) is 15.0. The summed E-state index contributed by atoms with van der Waals surface area (Å²) >= 11 is 1.52. The normalized spacial score (nSPS) is 11.9. The average molecular weight is 323 g/mol. The van der Waals surface area contributed by atoms with E-state index in [-0.39, 0.29) is 4.90 Å². The Labute approximate surface area is 125 Å². The minimum atomic E-state index is -3.22. The lowest BCUT2D eigenvalue weighted by atomic mass is 10.4. The van der Waals surface area contributed by atoms with Gasteiger partial charge in [0.2, 0.25) is 0 Å². The van der Waals surface area contributed by atoms with Gasteiger partial charge in [-0.1, -0.05) is 0 Å². The van der Waals surface area contributed by atoms with E-state index in [2.05, 4.69) is 15.2 Å². The number of hydrogen-bond donors (Lipinski definition) is 0. The number of nitrogens with zero attached hydrogens (tertiary/aromatic N) is 5. The Balaban J connectivity index is 1.80. The highest BCUT2D eigenvalue weighted by atomic mass is 32.2. The van der Waals surface area contributed by atoms with Gasteiger partial charge in [0.1, 0.15) is 9.90 Å². The van der Waals surface area contributed by atoms with E-state index in [9.17, 15) is 8.42 Å². The van der Waals surface area contributed by atoms with E-state index in [4.69, 9.17) is 0 Å². The highest BCUT2D eigenvalue weighted by Gasteiger charge is 2.11. The first kappa shape index (κ1) is 14.0. The Morgan fingerprint density at radius 1 is 1.24 bits per heavy atom. The number of aryl methyl sites for hydroxylation is 1. The maximum Gasteiger partial charge on any atom is 0.178 e. The molecule has 0 bridgehead atoms. The Hall–Kier alpha value is -2.00. The molecule has 0 N–H and O–H groups in total. The van der Waals surface area contributed by atoms with Crippen LogP contribution in [-0.4, -0.2) is 39.2 Å². The van der Waals surface area contributed by atoms with Gasteiger partial charge in [-0.2, -0.15) is 10.2 Å². The second kappa shape index (κ2) is 5.08. The highest BCUT2D eigenvalue weighted by molar-refractivity contribution is 7.90. The molecule has 3 rings (SSSR count). The van der Waals surface area contributed by atoms with E-state index in [1.165, 1.54) is 23.7 Å². The summed E-state index contributed by atoms with van der Waals surface area (Å²) in [5.74, 6) is 0. The van der Waals surface area contributed by atoms with Gasteiger partial charge in [-0.25, -0.2) is 13.4 Å². The largest absolute Gasteiger partial charge is 0.275 e. The van der Waals surface area contributed by atoms with Gasteiger partial charge in [-0.15, -0.1) is 11.3 Å². The molecule has 3 aromatic rings. The molecule has 0 amide bonds. The van der Waals surface area contributed by atoms with Gasteiger partial charge in [-0.3, -0.25) is 9.36 Å². The number of hydrogen-bond acceptors (Lipinski definition) is 6. The van der Waals surface area contributed by atoms with E-state index in [0.717, 1.165) is 22.5 Å². The second-order valence-electron chi connectivity index (χ2n) is 4.69. The van der Waals surface area contributed by atoms with Crippen LogP contribution in [0.1, 0.15) is 5.69 Å². The molecule has 0 saturated heterocycles. The van der Waals surface area contributed by atoms with Gasteiger partial charge in [-0.05, 0) is 0 Å². The first-order valence-corrected chi connectivity index (χ1v) is 8.85. The molecule has 110 valence electrons. The molecule has 0 atom stereocenters. The van der Waals surface area contributed by atoms with Gasteiger partial charge in [0.25, 0.3) is 0 Å². The molecule has 0 aliphatic carbocycles. The Bertz CT molecular complexity index is 875. The molecule has 3 heterocycles. The van der Waals surface area contributed by atoms with Gasteiger partial charge < -0.3 is 0 Å². The minimum absolute atomic E-state index is 0.213. The van der Waals surface area contributed by atoms with E-state index >= 15 is 0 Å². The molecule has 0 fully saturated rings. The van der Waals surface area contributed by atoms with Gasteiger partial charge >= 0.3 is 0 Å². The molecular formula is C12H13N5O2S2. The van der Waals surface area contributed by atoms with Crippen LogP contribution in [0.5, 0.6) is 0 Å². The van der Waals surface area contributed by atoms with Crippen molar-refractivity contribution in [3.05, 3.63) is 35.9 Å². The van der Waals surface area contributed by atoms with Crippen molar-refractivity contribution in [2.45, 2.75) is 11.4 Å². The maximum absolute atomic E-state index is 11.4. The molecule has 0 saturated carbocycles. The number of aromatic nitrogens is 5. The molecule has 0 radical (unpaired) electrons. The minimum Gasteiger partial charge on any atom is -0.275 e. The lowest BCUT2D eigenvalue weighted by Gasteiger charge is -1.96. The SMILES string of the molecule is Cn1cc(-c2nc(Cn3cc(S(C)(=O)=O)cn3)cs2)cn1. The molecule has 0 unspecified atom stereocenters. The summed E-state index contributed by atoms with van der Waals surface area (Å²) in [4.78, 5) is 4.73. The van der Waals surface area contributed by atoms with Crippen LogP contribution >= 0.6 is 11.3 Å². The van der Waals surface area contributed by atoms with E-state index in [1.54, 1.807) is 15.6 Å². The summed E-state index contributed by atoms with van der Waals surface area (Å²) in [7, 11) is -1.37. The van der Waals surface area contributed by atoms with Crippen LogP contribution < -0.4 is 0 Å². The fourth-order valence-electron chi connectivity index (χ4n) is 1.83. The molecule has 9 heteroatoms. The first-order valence-electron chi connectivity index (χ1n) is 6.08. The Kier molecular flexibility index (Phi) is 3.38. The van der Waals surface area contributed by atoms with Crippen LogP contribution in [0.25, 0.3) is 10.6 Å². The summed E-state index contributed by atoms with van der Waals surface area (Å²) in [6, 6.07) is 0. The van der Waals surface area contributed by atoms with Crippen LogP contribution in [0.4, 0.5) is 0 Å². The topological polar surface area (TPSA) is 82.7 Å². The van der Waals surface area contributed by atoms with Crippen molar-refractivity contribution in [2.24, 2.45) is 7.05 Å². The van der Waals surface area contributed by atoms with Crippen LogP contribution in [0.2, 0.25) is 0 Å². The predicted molar refractivity (Wildman–Crippen MR) is 78.8 cm³/mol. The molecule has 21 heavy (non-hydrogen) atoms. The lowest BCUT2D eigenvalue weighted by molar-refractivity contribution is 0.601. The van der Waals surface area contributed by atoms with Gasteiger partial charge in [0.05, 0.1) is 24.6 Å². The smallest absolute Gasteiger partial charge is 0.178 e. The molecule has 7 nitrogen and oxygen atoms in total. The zero-order valence-electron chi connectivity index (χ0n) is 11.5. The molecular weight excluding hydrogens is 310 g/mol. The van der Waals surface area contributed by atoms with Crippen LogP contribution in [0.3, 0.4) is 0 Å². The van der Waals surface area contributed by atoms with Crippen molar-refractivity contribution < 1.29 is 8.42 Å². The van der Waals surface area contributed by atoms with Crippen molar-refractivity contribution in [1.29, 1.82) is 0 Å². The van der Waals surface area contributed by atoms with Crippen molar-refractivity contribution >= 4 is 21.2 Å². The van der Waals surface area contributed by atoms with Crippen LogP contribution in [-0.2, 0) is 23.4 Å². The standard InChI is InChI=1S/C12H13N5O2S2/c1-16-5-9(3-13-16)12-15-10(8-20-12)6-17-7-11(4-14-17)21(2,18)19/h3-5,7-8H,6H2,1-2H3. The second-order valence-corrected chi connectivity index (χ2v) is 7.57. The third-order valence-electron chi connectivity index (χ3n) is 2.87.